The summed E-state index contributed by atoms with van der Waals surface area (Å²) < 4.78 is 24.3. The fraction of sp³-hybridized carbons (Fsp3) is 0.700. The van der Waals surface area contributed by atoms with Gasteiger partial charge in [0.2, 0.25) is 0 Å². The number of imidazole rings is 1. The summed E-state index contributed by atoms with van der Waals surface area (Å²) in [7, 11) is -2.81. The van der Waals surface area contributed by atoms with Gasteiger partial charge in [0.05, 0.1) is 12.1 Å². The van der Waals surface area contributed by atoms with Crippen molar-refractivity contribution in [2.45, 2.75) is 19.9 Å². The van der Waals surface area contributed by atoms with Crippen molar-refractivity contribution < 1.29 is 8.42 Å². The van der Waals surface area contributed by atoms with E-state index in [9.17, 15) is 8.42 Å². The van der Waals surface area contributed by atoms with Crippen LogP contribution in [0.15, 0.2) is 18.7 Å². The van der Waals surface area contributed by atoms with E-state index < -0.39 is 9.84 Å². The SMILES string of the molecule is CCS(=O)(=O)CCCNCCn1ccnc1. The van der Waals surface area contributed by atoms with E-state index in [0.717, 1.165) is 19.6 Å². The summed E-state index contributed by atoms with van der Waals surface area (Å²) in [4.78, 5) is 3.94. The average molecular weight is 245 g/mol. The predicted molar refractivity (Wildman–Crippen MR) is 64.0 cm³/mol. The molecule has 0 aromatic carbocycles. The minimum Gasteiger partial charge on any atom is -0.336 e. The Kier molecular flexibility index (Phi) is 5.48. The van der Waals surface area contributed by atoms with Crippen LogP contribution >= 0.6 is 0 Å². The molecule has 0 fully saturated rings. The van der Waals surface area contributed by atoms with E-state index in [4.69, 9.17) is 0 Å². The highest BCUT2D eigenvalue weighted by Crippen LogP contribution is 1.92. The van der Waals surface area contributed by atoms with Crippen LogP contribution in [0, 0.1) is 0 Å². The smallest absolute Gasteiger partial charge is 0.150 e. The minimum atomic E-state index is -2.81. The number of sulfone groups is 1. The van der Waals surface area contributed by atoms with Crippen LogP contribution in [0.25, 0.3) is 0 Å². The maximum Gasteiger partial charge on any atom is 0.150 e. The van der Waals surface area contributed by atoms with Crippen molar-refractivity contribution in [1.82, 2.24) is 14.9 Å². The third kappa shape index (κ3) is 5.27. The summed E-state index contributed by atoms with van der Waals surface area (Å²) in [6.07, 6.45) is 6.10. The fourth-order valence-corrected chi connectivity index (χ4v) is 2.19. The topological polar surface area (TPSA) is 64.0 Å². The molecule has 16 heavy (non-hydrogen) atoms. The Bertz CT molecular complexity index is 373. The average Bonchev–Trinajstić information content (AvgIpc) is 2.76. The largest absolute Gasteiger partial charge is 0.336 e. The van der Waals surface area contributed by atoms with E-state index in [1.165, 1.54) is 0 Å². The number of nitrogens with zero attached hydrogens (tertiary/aromatic N) is 2. The first-order chi connectivity index (χ1) is 7.64. The monoisotopic (exact) mass is 245 g/mol. The van der Waals surface area contributed by atoms with Gasteiger partial charge in [-0.3, -0.25) is 0 Å². The number of hydrogen-bond donors (Lipinski definition) is 1. The second-order valence-corrected chi connectivity index (χ2v) is 6.11. The molecule has 5 nitrogen and oxygen atoms in total. The van der Waals surface area contributed by atoms with E-state index in [1.54, 1.807) is 19.4 Å². The first-order valence-electron chi connectivity index (χ1n) is 5.51. The molecule has 0 aliphatic carbocycles. The van der Waals surface area contributed by atoms with Crippen LogP contribution in [0.4, 0.5) is 0 Å². The highest BCUT2D eigenvalue weighted by molar-refractivity contribution is 7.91. The Morgan fingerprint density at radius 2 is 2.19 bits per heavy atom. The van der Waals surface area contributed by atoms with Crippen molar-refractivity contribution in [3.05, 3.63) is 18.7 Å². The van der Waals surface area contributed by atoms with Crippen LogP contribution in [0.3, 0.4) is 0 Å². The molecule has 1 aromatic heterocycles. The van der Waals surface area contributed by atoms with E-state index >= 15 is 0 Å². The molecule has 0 aliphatic heterocycles. The molecule has 1 heterocycles. The molecule has 1 N–H and O–H groups in total. The Hall–Kier alpha value is -0.880. The van der Waals surface area contributed by atoms with E-state index in [1.807, 2.05) is 10.8 Å². The first-order valence-corrected chi connectivity index (χ1v) is 7.33. The molecule has 0 amide bonds. The summed E-state index contributed by atoms with van der Waals surface area (Å²) in [6.45, 7) is 4.12. The molecule has 0 aliphatic rings. The van der Waals surface area contributed by atoms with Gasteiger partial charge in [-0.2, -0.15) is 0 Å². The van der Waals surface area contributed by atoms with Gasteiger partial charge in [-0.25, -0.2) is 13.4 Å². The number of hydrogen-bond acceptors (Lipinski definition) is 4. The molecule has 0 saturated heterocycles. The van der Waals surface area contributed by atoms with Crippen molar-refractivity contribution in [2.75, 3.05) is 24.6 Å². The highest BCUT2D eigenvalue weighted by Gasteiger charge is 2.05. The zero-order valence-corrected chi connectivity index (χ0v) is 10.4. The lowest BCUT2D eigenvalue weighted by Crippen LogP contribution is -2.22. The zero-order valence-electron chi connectivity index (χ0n) is 9.59. The second kappa shape index (κ2) is 6.65. The van der Waals surface area contributed by atoms with Gasteiger partial charge in [0.15, 0.2) is 0 Å². The summed E-state index contributed by atoms with van der Waals surface area (Å²) in [6, 6.07) is 0. The molecule has 0 bridgehead atoms. The lowest BCUT2D eigenvalue weighted by Gasteiger charge is -2.05. The molecule has 6 heteroatoms. The molecule has 0 spiro atoms. The predicted octanol–water partition coefficient (Wildman–Crippen LogP) is 0.298. The lowest BCUT2D eigenvalue weighted by atomic mass is 10.4. The van der Waals surface area contributed by atoms with Gasteiger partial charge >= 0.3 is 0 Å². The number of aromatic nitrogens is 2. The molecular formula is C10H19N3O2S. The quantitative estimate of drug-likeness (QED) is 0.669. The minimum absolute atomic E-state index is 0.238. The second-order valence-electron chi connectivity index (χ2n) is 3.64. The van der Waals surface area contributed by atoms with Crippen LogP contribution < -0.4 is 5.32 Å². The van der Waals surface area contributed by atoms with Crippen molar-refractivity contribution in [3.63, 3.8) is 0 Å². The van der Waals surface area contributed by atoms with Gasteiger partial charge in [-0.1, -0.05) is 6.92 Å². The van der Waals surface area contributed by atoms with Gasteiger partial charge in [0, 0.05) is 31.2 Å². The van der Waals surface area contributed by atoms with Crippen LogP contribution in [0.1, 0.15) is 13.3 Å². The van der Waals surface area contributed by atoms with E-state index in [2.05, 4.69) is 10.3 Å². The summed E-state index contributed by atoms with van der Waals surface area (Å²) in [5, 5.41) is 3.21. The van der Waals surface area contributed by atoms with Crippen molar-refractivity contribution in [2.24, 2.45) is 0 Å². The standard InChI is InChI=1S/C10H19N3O2S/c1-2-16(14,15)9-3-4-11-5-7-13-8-6-12-10-13/h6,8,10-11H,2-5,7,9H2,1H3. The summed E-state index contributed by atoms with van der Waals surface area (Å²) >= 11 is 0. The van der Waals surface area contributed by atoms with Gasteiger partial charge in [-0.05, 0) is 13.0 Å². The third-order valence-electron chi connectivity index (χ3n) is 2.35. The van der Waals surface area contributed by atoms with E-state index in [-0.39, 0.29) is 11.5 Å². The van der Waals surface area contributed by atoms with Crippen LogP contribution in [0.2, 0.25) is 0 Å². The van der Waals surface area contributed by atoms with Crippen LogP contribution in [0.5, 0.6) is 0 Å². The normalized spacial score (nSPS) is 11.8. The Morgan fingerprint density at radius 3 is 2.81 bits per heavy atom. The molecule has 1 aromatic rings. The van der Waals surface area contributed by atoms with Crippen molar-refractivity contribution >= 4 is 9.84 Å². The molecular weight excluding hydrogens is 226 g/mol. The maximum absolute atomic E-state index is 11.2. The van der Waals surface area contributed by atoms with Gasteiger partial charge in [0.1, 0.15) is 9.84 Å². The molecule has 0 unspecified atom stereocenters. The zero-order chi connectivity index (χ0) is 11.9. The lowest BCUT2D eigenvalue weighted by molar-refractivity contribution is 0.577. The third-order valence-corrected chi connectivity index (χ3v) is 4.15. The summed E-state index contributed by atoms with van der Waals surface area (Å²) in [5.74, 6) is 0.517. The van der Waals surface area contributed by atoms with Crippen LogP contribution in [-0.2, 0) is 16.4 Å². The Balaban J connectivity index is 2.01. The van der Waals surface area contributed by atoms with Crippen molar-refractivity contribution in [1.29, 1.82) is 0 Å². The van der Waals surface area contributed by atoms with Gasteiger partial charge in [-0.15, -0.1) is 0 Å². The molecule has 0 saturated carbocycles. The molecule has 0 radical (unpaired) electrons. The molecule has 0 atom stereocenters. The number of nitrogens with one attached hydrogen (secondary N) is 1. The fourth-order valence-electron chi connectivity index (χ4n) is 1.31. The highest BCUT2D eigenvalue weighted by atomic mass is 32.2. The molecule has 1 rings (SSSR count). The summed E-state index contributed by atoms with van der Waals surface area (Å²) in [5.41, 5.74) is 0. The van der Waals surface area contributed by atoms with Gasteiger partial charge < -0.3 is 9.88 Å². The van der Waals surface area contributed by atoms with Crippen LogP contribution in [-0.4, -0.2) is 42.6 Å². The van der Waals surface area contributed by atoms with Gasteiger partial charge in [0.25, 0.3) is 0 Å². The Morgan fingerprint density at radius 1 is 1.38 bits per heavy atom. The van der Waals surface area contributed by atoms with Crippen molar-refractivity contribution in [3.8, 4) is 0 Å². The maximum atomic E-state index is 11.2. The Labute approximate surface area is 96.8 Å². The molecule has 92 valence electrons. The first kappa shape index (κ1) is 13.2. The van der Waals surface area contributed by atoms with E-state index in [0.29, 0.717) is 6.42 Å². The number of rotatable bonds is 8.